The Kier molecular flexibility index (Phi) is 0.504. The van der Waals surface area contributed by atoms with Crippen molar-refractivity contribution in [2.45, 2.75) is 12.2 Å². The SMILES string of the molecule is C1=C[C@@H]2OC2CN1. The van der Waals surface area contributed by atoms with Crippen LogP contribution in [0.4, 0.5) is 0 Å². The normalized spacial score (nSPS) is 44.6. The highest BCUT2D eigenvalue weighted by Gasteiger charge is 2.37. The van der Waals surface area contributed by atoms with Crippen molar-refractivity contribution in [3.05, 3.63) is 12.3 Å². The van der Waals surface area contributed by atoms with Crippen LogP contribution in [0.25, 0.3) is 0 Å². The largest absolute Gasteiger partial charge is 0.388 e. The molecule has 0 aliphatic carbocycles. The number of ether oxygens (including phenoxy) is 1. The molecule has 0 aromatic carbocycles. The highest BCUT2D eigenvalue weighted by molar-refractivity contribution is 5.07. The molecule has 2 rings (SSSR count). The summed E-state index contributed by atoms with van der Waals surface area (Å²) in [6.45, 7) is 1.00. The minimum Gasteiger partial charge on any atom is -0.388 e. The third kappa shape index (κ3) is 0.431. The van der Waals surface area contributed by atoms with Crippen LogP contribution in [0.2, 0.25) is 0 Å². The Bertz CT molecular complexity index is 111. The molecular formula is C5H7NO. The summed E-state index contributed by atoms with van der Waals surface area (Å²) in [6, 6.07) is 0. The second-order valence-corrected chi connectivity index (χ2v) is 1.91. The summed E-state index contributed by atoms with van der Waals surface area (Å²) in [5.41, 5.74) is 0. The van der Waals surface area contributed by atoms with Crippen molar-refractivity contribution in [3.8, 4) is 0 Å². The lowest BCUT2D eigenvalue weighted by molar-refractivity contribution is 0.391. The van der Waals surface area contributed by atoms with Gasteiger partial charge in [0.15, 0.2) is 0 Å². The van der Waals surface area contributed by atoms with Gasteiger partial charge in [-0.15, -0.1) is 0 Å². The molecule has 38 valence electrons. The summed E-state index contributed by atoms with van der Waals surface area (Å²) in [6.07, 6.45) is 4.97. The van der Waals surface area contributed by atoms with Crippen molar-refractivity contribution in [2.24, 2.45) is 0 Å². The van der Waals surface area contributed by atoms with E-state index in [-0.39, 0.29) is 0 Å². The maximum absolute atomic E-state index is 5.13. The van der Waals surface area contributed by atoms with Crippen LogP contribution < -0.4 is 5.32 Å². The van der Waals surface area contributed by atoms with Gasteiger partial charge in [0.05, 0.1) is 0 Å². The minimum absolute atomic E-state index is 0.459. The molecule has 0 aromatic heterocycles. The van der Waals surface area contributed by atoms with Crippen LogP contribution in [0.3, 0.4) is 0 Å². The van der Waals surface area contributed by atoms with Gasteiger partial charge in [-0.2, -0.15) is 0 Å². The van der Waals surface area contributed by atoms with E-state index in [0.29, 0.717) is 12.2 Å². The van der Waals surface area contributed by atoms with Gasteiger partial charge in [0.25, 0.3) is 0 Å². The fourth-order valence-electron chi connectivity index (χ4n) is 0.837. The Morgan fingerprint density at radius 1 is 1.71 bits per heavy atom. The summed E-state index contributed by atoms with van der Waals surface area (Å²) in [5.74, 6) is 0. The molecule has 2 atom stereocenters. The monoisotopic (exact) mass is 97.1 g/mol. The lowest BCUT2D eigenvalue weighted by Crippen LogP contribution is -2.18. The quantitative estimate of drug-likeness (QED) is 0.426. The number of hydrogen-bond donors (Lipinski definition) is 1. The molecule has 1 N–H and O–H groups in total. The Hall–Kier alpha value is -0.500. The molecule has 0 amide bonds. The molecule has 1 saturated heterocycles. The third-order valence-electron chi connectivity index (χ3n) is 1.34. The van der Waals surface area contributed by atoms with Crippen LogP contribution in [-0.4, -0.2) is 18.8 Å². The van der Waals surface area contributed by atoms with Crippen molar-refractivity contribution in [2.75, 3.05) is 6.54 Å². The van der Waals surface area contributed by atoms with Crippen LogP contribution in [0.5, 0.6) is 0 Å². The zero-order valence-electron chi connectivity index (χ0n) is 3.92. The van der Waals surface area contributed by atoms with E-state index in [4.69, 9.17) is 4.74 Å². The van der Waals surface area contributed by atoms with Gasteiger partial charge in [0.2, 0.25) is 0 Å². The average Bonchev–Trinajstić information content (AvgIpc) is 2.41. The maximum Gasteiger partial charge on any atom is 0.106 e. The van der Waals surface area contributed by atoms with E-state index in [9.17, 15) is 0 Å². The topological polar surface area (TPSA) is 24.6 Å². The molecular weight excluding hydrogens is 90.1 g/mol. The van der Waals surface area contributed by atoms with Crippen LogP contribution >= 0.6 is 0 Å². The lowest BCUT2D eigenvalue weighted by atomic mass is 10.2. The predicted molar refractivity (Wildman–Crippen MR) is 25.8 cm³/mol. The Morgan fingerprint density at radius 3 is 3.29 bits per heavy atom. The van der Waals surface area contributed by atoms with Crippen molar-refractivity contribution in [1.29, 1.82) is 0 Å². The first-order chi connectivity index (χ1) is 3.47. The molecule has 0 radical (unpaired) electrons. The molecule has 0 spiro atoms. The van der Waals surface area contributed by atoms with Gasteiger partial charge in [-0.1, -0.05) is 0 Å². The molecule has 2 heterocycles. The van der Waals surface area contributed by atoms with Crippen LogP contribution in [0.1, 0.15) is 0 Å². The number of hydrogen-bond acceptors (Lipinski definition) is 2. The summed E-state index contributed by atoms with van der Waals surface area (Å²) in [5, 5.41) is 3.07. The predicted octanol–water partition coefficient (Wildman–Crippen LogP) is -0.129. The van der Waals surface area contributed by atoms with Gasteiger partial charge in [0, 0.05) is 6.54 Å². The van der Waals surface area contributed by atoms with Crippen molar-refractivity contribution >= 4 is 0 Å². The smallest absolute Gasteiger partial charge is 0.106 e. The molecule has 0 bridgehead atoms. The van der Waals surface area contributed by atoms with Gasteiger partial charge in [-0.05, 0) is 12.3 Å². The van der Waals surface area contributed by atoms with Gasteiger partial charge in [-0.25, -0.2) is 0 Å². The minimum atomic E-state index is 0.459. The number of fused-ring (bicyclic) bond motifs is 1. The third-order valence-corrected chi connectivity index (χ3v) is 1.34. The zero-order chi connectivity index (χ0) is 4.69. The summed E-state index contributed by atoms with van der Waals surface area (Å²) in [4.78, 5) is 0. The molecule has 0 aromatic rings. The number of rotatable bonds is 0. The molecule has 0 saturated carbocycles. The van der Waals surface area contributed by atoms with Crippen molar-refractivity contribution in [3.63, 3.8) is 0 Å². The second-order valence-electron chi connectivity index (χ2n) is 1.91. The molecule has 2 heteroatoms. The fraction of sp³-hybridized carbons (Fsp3) is 0.600. The first-order valence-corrected chi connectivity index (χ1v) is 2.52. The van der Waals surface area contributed by atoms with Crippen molar-refractivity contribution in [1.82, 2.24) is 5.32 Å². The first kappa shape index (κ1) is 3.50. The fourth-order valence-corrected chi connectivity index (χ4v) is 0.837. The van der Waals surface area contributed by atoms with E-state index in [1.165, 1.54) is 0 Å². The van der Waals surface area contributed by atoms with Gasteiger partial charge in [0.1, 0.15) is 12.2 Å². The summed E-state index contributed by atoms with van der Waals surface area (Å²) < 4.78 is 5.13. The van der Waals surface area contributed by atoms with Gasteiger partial charge in [-0.3, -0.25) is 0 Å². The highest BCUT2D eigenvalue weighted by Crippen LogP contribution is 2.23. The van der Waals surface area contributed by atoms with Crippen LogP contribution in [-0.2, 0) is 4.74 Å². The summed E-state index contributed by atoms with van der Waals surface area (Å²) >= 11 is 0. The van der Waals surface area contributed by atoms with E-state index >= 15 is 0 Å². The standard InChI is InChI=1S/C5H7NO/c1-2-6-3-5-4(1)7-5/h1-2,4-6H,3H2/t4-,5?/m0/s1. The molecule has 2 aliphatic rings. The Balaban J connectivity index is 2.14. The first-order valence-electron chi connectivity index (χ1n) is 2.52. The van der Waals surface area contributed by atoms with Crippen LogP contribution in [0, 0.1) is 0 Å². The number of epoxide rings is 1. The molecule has 2 nitrogen and oxygen atoms in total. The van der Waals surface area contributed by atoms with E-state index in [1.54, 1.807) is 0 Å². The van der Waals surface area contributed by atoms with Crippen LogP contribution in [0.15, 0.2) is 12.3 Å². The molecule has 1 unspecified atom stereocenters. The molecule has 2 aliphatic heterocycles. The Morgan fingerprint density at radius 2 is 2.71 bits per heavy atom. The number of nitrogens with one attached hydrogen (secondary N) is 1. The van der Waals surface area contributed by atoms with Gasteiger partial charge >= 0.3 is 0 Å². The van der Waals surface area contributed by atoms with E-state index in [2.05, 4.69) is 5.32 Å². The van der Waals surface area contributed by atoms with Crippen molar-refractivity contribution < 1.29 is 4.74 Å². The van der Waals surface area contributed by atoms with E-state index < -0.39 is 0 Å². The second kappa shape index (κ2) is 1.01. The zero-order valence-corrected chi connectivity index (χ0v) is 3.92. The van der Waals surface area contributed by atoms with Gasteiger partial charge < -0.3 is 10.1 Å². The maximum atomic E-state index is 5.13. The highest BCUT2D eigenvalue weighted by atomic mass is 16.6. The molecule has 7 heavy (non-hydrogen) atoms. The average molecular weight is 97.1 g/mol. The lowest BCUT2D eigenvalue weighted by Gasteiger charge is -1.97. The van der Waals surface area contributed by atoms with E-state index in [1.807, 2.05) is 12.3 Å². The summed E-state index contributed by atoms with van der Waals surface area (Å²) in [7, 11) is 0. The van der Waals surface area contributed by atoms with E-state index in [0.717, 1.165) is 6.54 Å². The molecule has 1 fully saturated rings. The Labute approximate surface area is 42.2 Å².